The number of aromatic amines is 1. The first-order valence-electron chi connectivity index (χ1n) is 5.48. The second-order valence-electron chi connectivity index (χ2n) is 4.10. The molecule has 1 heterocycles. The lowest BCUT2D eigenvalue weighted by Gasteiger charge is -2.17. The Hall–Kier alpha value is -1.44. The Kier molecular flexibility index (Phi) is 3.88. The Morgan fingerprint density at radius 3 is 2.79 bits per heavy atom. The summed E-state index contributed by atoms with van der Waals surface area (Å²) in [5.41, 5.74) is 0.647. The molecule has 1 N–H and O–H groups in total. The summed E-state index contributed by atoms with van der Waals surface area (Å²) in [4.78, 5) is 4.10. The van der Waals surface area contributed by atoms with Gasteiger partial charge in [-0.05, 0) is 24.6 Å². The standard InChI is InChI=1S/C11H13ClN4O2S/c1-8-3-4-9(12)5-10(8)19(17,18)16(2)6-11-13-7-14-15-11/h3-5,7H,6H2,1-2H3,(H,13,14,15). The Balaban J connectivity index is 2.33. The highest BCUT2D eigenvalue weighted by molar-refractivity contribution is 7.89. The molecule has 0 amide bonds. The van der Waals surface area contributed by atoms with E-state index in [2.05, 4.69) is 15.2 Å². The largest absolute Gasteiger partial charge is 0.262 e. The van der Waals surface area contributed by atoms with Crippen LogP contribution in [0.5, 0.6) is 0 Å². The molecular weight excluding hydrogens is 288 g/mol. The van der Waals surface area contributed by atoms with E-state index in [0.717, 1.165) is 0 Å². The van der Waals surface area contributed by atoms with Crippen LogP contribution >= 0.6 is 11.6 Å². The zero-order chi connectivity index (χ0) is 14.0. The van der Waals surface area contributed by atoms with E-state index < -0.39 is 10.0 Å². The first-order chi connectivity index (χ1) is 8.91. The van der Waals surface area contributed by atoms with Gasteiger partial charge in [0.1, 0.15) is 12.2 Å². The van der Waals surface area contributed by atoms with Crippen molar-refractivity contribution in [2.45, 2.75) is 18.4 Å². The molecule has 2 rings (SSSR count). The molecule has 8 heteroatoms. The smallest absolute Gasteiger partial charge is 0.243 e. The van der Waals surface area contributed by atoms with Gasteiger partial charge in [0.15, 0.2) is 0 Å². The van der Waals surface area contributed by atoms with Crippen LogP contribution in [0.4, 0.5) is 0 Å². The molecule has 0 radical (unpaired) electrons. The van der Waals surface area contributed by atoms with Crippen LogP contribution in [-0.4, -0.2) is 35.0 Å². The average molecular weight is 301 g/mol. The van der Waals surface area contributed by atoms with Gasteiger partial charge in [0.05, 0.1) is 11.4 Å². The predicted octanol–water partition coefficient (Wildman–Crippen LogP) is 1.59. The quantitative estimate of drug-likeness (QED) is 0.930. The van der Waals surface area contributed by atoms with Gasteiger partial charge in [0, 0.05) is 12.1 Å². The average Bonchev–Trinajstić information content (AvgIpc) is 2.85. The molecule has 0 saturated carbocycles. The van der Waals surface area contributed by atoms with Crippen LogP contribution in [0, 0.1) is 6.92 Å². The van der Waals surface area contributed by atoms with Crippen molar-refractivity contribution in [2.75, 3.05) is 7.05 Å². The SMILES string of the molecule is Cc1ccc(Cl)cc1S(=O)(=O)N(C)Cc1ncn[nH]1. The number of rotatable bonds is 4. The van der Waals surface area contributed by atoms with E-state index in [1.807, 2.05) is 0 Å². The number of aromatic nitrogens is 3. The Bertz CT molecular complexity index is 670. The third kappa shape index (κ3) is 2.94. The van der Waals surface area contributed by atoms with Crippen molar-refractivity contribution in [3.63, 3.8) is 0 Å². The molecule has 0 unspecified atom stereocenters. The molecule has 0 saturated heterocycles. The number of hydrogen-bond acceptors (Lipinski definition) is 4. The van der Waals surface area contributed by atoms with Gasteiger partial charge in [-0.3, -0.25) is 5.10 Å². The number of hydrogen-bond donors (Lipinski definition) is 1. The summed E-state index contributed by atoms with van der Waals surface area (Å²) in [6, 6.07) is 4.78. The number of H-pyrrole nitrogens is 1. The topological polar surface area (TPSA) is 79.0 Å². The van der Waals surface area contributed by atoms with E-state index in [-0.39, 0.29) is 11.4 Å². The zero-order valence-corrected chi connectivity index (χ0v) is 12.0. The summed E-state index contributed by atoms with van der Waals surface area (Å²) in [6.07, 6.45) is 1.33. The molecule has 0 bridgehead atoms. The summed E-state index contributed by atoms with van der Waals surface area (Å²) in [6.45, 7) is 1.85. The molecule has 6 nitrogen and oxygen atoms in total. The van der Waals surface area contributed by atoms with E-state index in [1.54, 1.807) is 19.1 Å². The number of nitrogens with zero attached hydrogens (tertiary/aromatic N) is 3. The number of benzene rings is 1. The maximum absolute atomic E-state index is 12.4. The summed E-state index contributed by atoms with van der Waals surface area (Å²) in [5.74, 6) is 0.478. The third-order valence-corrected chi connectivity index (χ3v) is 4.86. The van der Waals surface area contributed by atoms with E-state index >= 15 is 0 Å². The molecule has 2 aromatic rings. The van der Waals surface area contributed by atoms with E-state index in [4.69, 9.17) is 11.6 Å². The van der Waals surface area contributed by atoms with E-state index in [1.165, 1.54) is 23.7 Å². The van der Waals surface area contributed by atoms with Gasteiger partial charge in [-0.2, -0.15) is 9.40 Å². The predicted molar refractivity (Wildman–Crippen MR) is 71.2 cm³/mol. The second-order valence-corrected chi connectivity index (χ2v) is 6.55. The molecule has 0 aliphatic heterocycles. The lowest BCUT2D eigenvalue weighted by Crippen LogP contribution is -2.27. The lowest BCUT2D eigenvalue weighted by atomic mass is 10.2. The van der Waals surface area contributed by atoms with Gasteiger partial charge in [-0.15, -0.1) is 0 Å². The Morgan fingerprint density at radius 1 is 1.42 bits per heavy atom. The highest BCUT2D eigenvalue weighted by Gasteiger charge is 2.23. The van der Waals surface area contributed by atoms with Crippen molar-refractivity contribution in [3.05, 3.63) is 40.9 Å². The first kappa shape index (κ1) is 14.0. The van der Waals surface area contributed by atoms with Gasteiger partial charge >= 0.3 is 0 Å². The van der Waals surface area contributed by atoms with Gasteiger partial charge in [-0.1, -0.05) is 17.7 Å². The summed E-state index contributed by atoms with van der Waals surface area (Å²) in [7, 11) is -2.12. The molecule has 1 aromatic carbocycles. The minimum absolute atomic E-state index is 0.119. The van der Waals surface area contributed by atoms with Crippen LogP contribution in [0.25, 0.3) is 0 Å². The van der Waals surface area contributed by atoms with Crippen LogP contribution in [0.3, 0.4) is 0 Å². The van der Waals surface area contributed by atoms with Crippen molar-refractivity contribution >= 4 is 21.6 Å². The molecule has 0 spiro atoms. The Morgan fingerprint density at radius 2 is 2.16 bits per heavy atom. The van der Waals surface area contributed by atoms with Gasteiger partial charge in [-0.25, -0.2) is 13.4 Å². The fourth-order valence-electron chi connectivity index (χ4n) is 1.62. The monoisotopic (exact) mass is 300 g/mol. The van der Waals surface area contributed by atoms with Crippen molar-refractivity contribution in [2.24, 2.45) is 0 Å². The van der Waals surface area contributed by atoms with E-state index in [0.29, 0.717) is 16.4 Å². The number of halogens is 1. The van der Waals surface area contributed by atoms with Crippen LogP contribution < -0.4 is 0 Å². The highest BCUT2D eigenvalue weighted by atomic mass is 35.5. The lowest BCUT2D eigenvalue weighted by molar-refractivity contribution is 0.457. The van der Waals surface area contributed by atoms with Crippen molar-refractivity contribution in [1.82, 2.24) is 19.5 Å². The summed E-state index contributed by atoms with van der Waals surface area (Å²) in [5, 5.41) is 6.69. The maximum Gasteiger partial charge on any atom is 0.243 e. The van der Waals surface area contributed by atoms with E-state index in [9.17, 15) is 8.42 Å². The Labute approximate surface area is 116 Å². The maximum atomic E-state index is 12.4. The third-order valence-electron chi connectivity index (χ3n) is 2.68. The van der Waals surface area contributed by atoms with Crippen molar-refractivity contribution in [3.8, 4) is 0 Å². The minimum atomic E-state index is -3.61. The zero-order valence-electron chi connectivity index (χ0n) is 10.5. The number of aryl methyl sites for hydroxylation is 1. The second kappa shape index (κ2) is 5.28. The molecule has 102 valence electrons. The fraction of sp³-hybridized carbons (Fsp3) is 0.273. The molecular formula is C11H13ClN4O2S. The first-order valence-corrected chi connectivity index (χ1v) is 7.30. The highest BCUT2D eigenvalue weighted by Crippen LogP contribution is 2.23. The van der Waals surface area contributed by atoms with Gasteiger partial charge in [0.25, 0.3) is 0 Å². The molecule has 0 aliphatic rings. The normalized spacial score (nSPS) is 12.0. The minimum Gasteiger partial charge on any atom is -0.262 e. The van der Waals surface area contributed by atoms with Gasteiger partial charge < -0.3 is 0 Å². The van der Waals surface area contributed by atoms with Crippen LogP contribution in [-0.2, 0) is 16.6 Å². The molecule has 0 fully saturated rings. The number of nitrogens with one attached hydrogen (secondary N) is 1. The van der Waals surface area contributed by atoms with Gasteiger partial charge in [0.2, 0.25) is 10.0 Å². The van der Waals surface area contributed by atoms with Crippen LogP contribution in [0.1, 0.15) is 11.4 Å². The van der Waals surface area contributed by atoms with Crippen molar-refractivity contribution in [1.29, 1.82) is 0 Å². The fourth-order valence-corrected chi connectivity index (χ4v) is 3.24. The summed E-state index contributed by atoms with van der Waals surface area (Å²) < 4.78 is 26.1. The molecule has 1 aromatic heterocycles. The van der Waals surface area contributed by atoms with Crippen molar-refractivity contribution < 1.29 is 8.42 Å². The van der Waals surface area contributed by atoms with Crippen LogP contribution in [0.15, 0.2) is 29.4 Å². The molecule has 0 atom stereocenters. The summed E-state index contributed by atoms with van der Waals surface area (Å²) >= 11 is 5.86. The van der Waals surface area contributed by atoms with Crippen LogP contribution in [0.2, 0.25) is 5.02 Å². The molecule has 19 heavy (non-hydrogen) atoms. The number of sulfonamides is 1. The molecule has 0 aliphatic carbocycles.